The first-order valence-corrected chi connectivity index (χ1v) is 8.91. The summed E-state index contributed by atoms with van der Waals surface area (Å²) in [5.74, 6) is -0.104. The Morgan fingerprint density at radius 3 is 1.84 bits per heavy atom. The summed E-state index contributed by atoms with van der Waals surface area (Å²) in [6, 6.07) is 19.8. The lowest BCUT2D eigenvalue weighted by atomic mass is 10.1. The number of hydrogen-bond acceptors (Lipinski definition) is 3. The molecule has 0 aliphatic rings. The van der Waals surface area contributed by atoms with Crippen molar-refractivity contribution in [2.45, 2.75) is 20.0 Å². The van der Waals surface area contributed by atoms with Gasteiger partial charge < -0.3 is 9.47 Å². The lowest BCUT2D eigenvalue weighted by Gasteiger charge is -2.23. The van der Waals surface area contributed by atoms with Gasteiger partial charge in [0.1, 0.15) is 4.88 Å². The van der Waals surface area contributed by atoms with E-state index in [9.17, 15) is 9.59 Å². The molecule has 1 heterocycles. The predicted molar refractivity (Wildman–Crippen MR) is 101 cm³/mol. The largest absolute Gasteiger partial charge is 0.329 e. The van der Waals surface area contributed by atoms with Crippen molar-refractivity contribution in [1.82, 2.24) is 9.47 Å². The van der Waals surface area contributed by atoms with E-state index in [1.54, 1.807) is 11.9 Å². The van der Waals surface area contributed by atoms with Crippen LogP contribution in [0.3, 0.4) is 0 Å². The van der Waals surface area contributed by atoms with Crippen LogP contribution in [0.1, 0.15) is 26.5 Å². The first kappa shape index (κ1) is 17.2. The van der Waals surface area contributed by atoms with Crippen LogP contribution in [-0.2, 0) is 20.1 Å². The molecule has 128 valence electrons. The fourth-order valence-corrected chi connectivity index (χ4v) is 3.62. The number of amides is 1. The van der Waals surface area contributed by atoms with E-state index in [1.807, 2.05) is 67.6 Å². The van der Waals surface area contributed by atoms with E-state index in [4.69, 9.17) is 0 Å². The summed E-state index contributed by atoms with van der Waals surface area (Å²) in [6.45, 7) is 2.82. The van der Waals surface area contributed by atoms with Gasteiger partial charge in [0, 0.05) is 25.8 Å². The minimum absolute atomic E-state index is 0.104. The molecule has 3 rings (SSSR count). The number of thiazole rings is 1. The van der Waals surface area contributed by atoms with E-state index in [-0.39, 0.29) is 10.8 Å². The molecule has 0 unspecified atom stereocenters. The fourth-order valence-electron chi connectivity index (χ4n) is 2.67. The Morgan fingerprint density at radius 2 is 1.44 bits per heavy atom. The molecule has 0 aliphatic carbocycles. The fraction of sp³-hybridized carbons (Fsp3) is 0.200. The molecule has 0 fully saturated rings. The van der Waals surface area contributed by atoms with Gasteiger partial charge in [-0.1, -0.05) is 72.0 Å². The second kappa shape index (κ2) is 7.49. The maximum Gasteiger partial charge on any atom is 0.307 e. The second-order valence-corrected chi connectivity index (χ2v) is 6.94. The zero-order chi connectivity index (χ0) is 17.8. The molecule has 0 spiro atoms. The van der Waals surface area contributed by atoms with Gasteiger partial charge in [-0.15, -0.1) is 0 Å². The van der Waals surface area contributed by atoms with E-state index in [1.165, 1.54) is 4.57 Å². The predicted octanol–water partition coefficient (Wildman–Crippen LogP) is 3.60. The number of carbonyl (C=O) groups is 1. The number of rotatable bonds is 5. The van der Waals surface area contributed by atoms with Gasteiger partial charge in [0.05, 0.1) is 0 Å². The molecule has 0 N–H and O–H groups in total. The zero-order valence-electron chi connectivity index (χ0n) is 14.3. The molecule has 2 aromatic carbocycles. The maximum absolute atomic E-state index is 13.1. The van der Waals surface area contributed by atoms with Crippen LogP contribution < -0.4 is 4.87 Å². The SMILES string of the molecule is Cc1c(C(=O)N(Cc2ccccc2)Cc2ccccc2)sc(=O)n1C. The van der Waals surface area contributed by atoms with Gasteiger partial charge in [-0.3, -0.25) is 9.59 Å². The van der Waals surface area contributed by atoms with Gasteiger partial charge in [-0.25, -0.2) is 0 Å². The molecule has 0 saturated carbocycles. The zero-order valence-corrected chi connectivity index (χ0v) is 15.1. The molecular weight excluding hydrogens is 332 g/mol. The van der Waals surface area contributed by atoms with Gasteiger partial charge in [0.15, 0.2) is 0 Å². The van der Waals surface area contributed by atoms with Gasteiger partial charge >= 0.3 is 4.87 Å². The molecule has 5 heteroatoms. The maximum atomic E-state index is 13.1. The third-order valence-electron chi connectivity index (χ3n) is 4.21. The quantitative estimate of drug-likeness (QED) is 0.704. The van der Waals surface area contributed by atoms with Gasteiger partial charge in [0.25, 0.3) is 5.91 Å². The van der Waals surface area contributed by atoms with Gasteiger partial charge in [-0.05, 0) is 18.1 Å². The van der Waals surface area contributed by atoms with Gasteiger partial charge in [-0.2, -0.15) is 0 Å². The van der Waals surface area contributed by atoms with E-state index < -0.39 is 0 Å². The van der Waals surface area contributed by atoms with Crippen LogP contribution in [0.25, 0.3) is 0 Å². The second-order valence-electron chi connectivity index (χ2n) is 5.97. The van der Waals surface area contributed by atoms with Crippen LogP contribution in [0.4, 0.5) is 0 Å². The van der Waals surface area contributed by atoms with E-state index in [0.717, 1.165) is 22.5 Å². The Balaban J connectivity index is 1.93. The van der Waals surface area contributed by atoms with Crippen LogP contribution in [0.2, 0.25) is 0 Å². The average molecular weight is 352 g/mol. The van der Waals surface area contributed by atoms with Crippen molar-refractivity contribution >= 4 is 17.2 Å². The smallest absolute Gasteiger partial charge is 0.307 e. The number of aromatic nitrogens is 1. The minimum Gasteiger partial charge on any atom is -0.329 e. The highest BCUT2D eigenvalue weighted by atomic mass is 32.1. The molecule has 0 saturated heterocycles. The molecule has 0 radical (unpaired) electrons. The lowest BCUT2D eigenvalue weighted by molar-refractivity contribution is 0.0733. The Labute approximate surface area is 151 Å². The van der Waals surface area contributed by atoms with E-state index in [0.29, 0.717) is 23.7 Å². The Hall–Kier alpha value is -2.66. The molecule has 3 aromatic rings. The molecule has 4 nitrogen and oxygen atoms in total. The summed E-state index contributed by atoms with van der Waals surface area (Å²) in [4.78, 5) is 27.2. The van der Waals surface area contributed by atoms with Crippen LogP contribution in [0.5, 0.6) is 0 Å². The number of hydrogen-bond donors (Lipinski definition) is 0. The average Bonchev–Trinajstić information content (AvgIpc) is 2.90. The number of benzene rings is 2. The van der Waals surface area contributed by atoms with E-state index >= 15 is 0 Å². The van der Waals surface area contributed by atoms with Crippen LogP contribution in [0, 0.1) is 6.92 Å². The highest BCUT2D eigenvalue weighted by Gasteiger charge is 2.22. The highest BCUT2D eigenvalue weighted by molar-refractivity contribution is 7.11. The normalized spacial score (nSPS) is 10.6. The summed E-state index contributed by atoms with van der Waals surface area (Å²) < 4.78 is 1.53. The summed E-state index contributed by atoms with van der Waals surface area (Å²) in [5, 5.41) is 0. The van der Waals surface area contributed by atoms with Crippen molar-refractivity contribution in [3.8, 4) is 0 Å². The van der Waals surface area contributed by atoms with Crippen LogP contribution in [0.15, 0.2) is 65.5 Å². The van der Waals surface area contributed by atoms with Crippen LogP contribution in [-0.4, -0.2) is 15.4 Å². The van der Waals surface area contributed by atoms with E-state index in [2.05, 4.69) is 0 Å². The third kappa shape index (κ3) is 3.88. The Kier molecular flexibility index (Phi) is 5.14. The molecular formula is C20H20N2O2S. The molecule has 0 bridgehead atoms. The minimum atomic E-state index is -0.111. The van der Waals surface area contributed by atoms with Crippen LogP contribution >= 0.6 is 11.3 Å². The first-order chi connectivity index (χ1) is 12.1. The molecule has 1 aromatic heterocycles. The van der Waals surface area contributed by atoms with Crippen molar-refractivity contribution in [3.63, 3.8) is 0 Å². The Morgan fingerprint density at radius 1 is 0.960 bits per heavy atom. The van der Waals surface area contributed by atoms with Crippen molar-refractivity contribution < 1.29 is 4.79 Å². The van der Waals surface area contributed by atoms with Crippen molar-refractivity contribution in [3.05, 3.63) is 92.0 Å². The molecule has 25 heavy (non-hydrogen) atoms. The topological polar surface area (TPSA) is 42.3 Å². The molecule has 1 amide bonds. The summed E-state index contributed by atoms with van der Waals surface area (Å²) in [5.41, 5.74) is 2.84. The first-order valence-electron chi connectivity index (χ1n) is 8.10. The monoisotopic (exact) mass is 352 g/mol. The van der Waals surface area contributed by atoms with Crippen molar-refractivity contribution in [2.75, 3.05) is 0 Å². The highest BCUT2D eigenvalue weighted by Crippen LogP contribution is 2.18. The summed E-state index contributed by atoms with van der Waals surface area (Å²) >= 11 is 1.01. The summed E-state index contributed by atoms with van der Waals surface area (Å²) in [6.07, 6.45) is 0. The standard InChI is InChI=1S/C20H20N2O2S/c1-15-18(25-20(24)21(15)2)19(23)22(13-16-9-5-3-6-10-16)14-17-11-7-4-8-12-17/h3-12H,13-14H2,1-2H3. The van der Waals surface area contributed by atoms with Gasteiger partial charge in [0.2, 0.25) is 0 Å². The number of carbonyl (C=O) groups excluding carboxylic acids is 1. The Bertz CT molecular complexity index is 872. The molecule has 0 atom stereocenters. The molecule has 0 aliphatic heterocycles. The third-order valence-corrected chi connectivity index (χ3v) is 5.33. The van der Waals surface area contributed by atoms with Crippen molar-refractivity contribution in [2.24, 2.45) is 7.05 Å². The summed E-state index contributed by atoms with van der Waals surface area (Å²) in [7, 11) is 1.70. The lowest BCUT2D eigenvalue weighted by Crippen LogP contribution is -2.30. The number of nitrogens with zero attached hydrogens (tertiary/aromatic N) is 2. The van der Waals surface area contributed by atoms with Crippen molar-refractivity contribution in [1.29, 1.82) is 0 Å².